The highest BCUT2D eigenvalue weighted by Crippen LogP contribution is 2.23. The maximum atomic E-state index is 4.90. The molecule has 2 N–H and O–H groups in total. The molecule has 2 unspecified atom stereocenters. The highest BCUT2D eigenvalue weighted by molar-refractivity contribution is 14.0. The van der Waals surface area contributed by atoms with Gasteiger partial charge in [0.1, 0.15) is 0 Å². The lowest BCUT2D eigenvalue weighted by Crippen LogP contribution is -2.43. The Labute approximate surface area is 198 Å². The van der Waals surface area contributed by atoms with Crippen molar-refractivity contribution in [2.24, 2.45) is 18.0 Å². The van der Waals surface area contributed by atoms with Gasteiger partial charge in [-0.3, -0.25) is 9.67 Å². The Morgan fingerprint density at radius 3 is 2.63 bits per heavy atom. The van der Waals surface area contributed by atoms with Crippen molar-refractivity contribution >= 4 is 35.6 Å². The summed E-state index contributed by atoms with van der Waals surface area (Å²) in [4.78, 5) is 7.37. The fraction of sp³-hybridized carbons (Fsp3) is 0.565. The molecule has 1 aliphatic rings. The Hall–Kier alpha value is -1.77. The first kappa shape index (κ1) is 24.5. The molecule has 1 aliphatic heterocycles. The third-order valence-electron chi connectivity index (χ3n) is 5.81. The molecule has 1 aromatic heterocycles. The third kappa shape index (κ3) is 6.36. The van der Waals surface area contributed by atoms with Crippen LogP contribution in [0, 0.1) is 19.8 Å². The van der Waals surface area contributed by atoms with Crippen LogP contribution in [0.5, 0.6) is 0 Å². The molecule has 1 saturated heterocycles. The molecule has 6 nitrogen and oxygen atoms in total. The summed E-state index contributed by atoms with van der Waals surface area (Å²) < 4.78 is 1.97. The van der Waals surface area contributed by atoms with Gasteiger partial charge in [-0.2, -0.15) is 5.10 Å². The normalized spacial score (nSPS) is 17.6. The van der Waals surface area contributed by atoms with Crippen LogP contribution in [0.2, 0.25) is 0 Å². The molecular formula is C23H37IN6. The fourth-order valence-corrected chi connectivity index (χ4v) is 4.10. The summed E-state index contributed by atoms with van der Waals surface area (Å²) in [5.74, 6) is 1.51. The number of guanidine groups is 1. The monoisotopic (exact) mass is 524 g/mol. The van der Waals surface area contributed by atoms with E-state index < -0.39 is 0 Å². The van der Waals surface area contributed by atoms with Gasteiger partial charge in [0.2, 0.25) is 0 Å². The molecule has 0 saturated carbocycles. The van der Waals surface area contributed by atoms with Crippen LogP contribution in [0.3, 0.4) is 0 Å². The quantitative estimate of drug-likeness (QED) is 0.330. The SMILES string of the molecule is CCNC(=NCC1CCN(c2ccccc2)C1)NC(C)Cc1c(C)nn(C)c1C.I. The molecule has 0 amide bonds. The second-order valence-corrected chi connectivity index (χ2v) is 8.18. The predicted molar refractivity (Wildman–Crippen MR) is 137 cm³/mol. The molecule has 30 heavy (non-hydrogen) atoms. The molecule has 0 aliphatic carbocycles. The van der Waals surface area contributed by atoms with Gasteiger partial charge in [0.05, 0.1) is 5.69 Å². The van der Waals surface area contributed by atoms with Crippen molar-refractivity contribution in [2.75, 3.05) is 31.1 Å². The van der Waals surface area contributed by atoms with E-state index in [4.69, 9.17) is 4.99 Å². The molecule has 0 radical (unpaired) electrons. The zero-order valence-corrected chi connectivity index (χ0v) is 21.3. The number of aromatic nitrogens is 2. The van der Waals surface area contributed by atoms with Crippen LogP contribution in [0.4, 0.5) is 5.69 Å². The molecule has 2 atom stereocenters. The summed E-state index contributed by atoms with van der Waals surface area (Å²) >= 11 is 0. The van der Waals surface area contributed by atoms with E-state index in [9.17, 15) is 0 Å². The van der Waals surface area contributed by atoms with Crippen LogP contribution in [0.25, 0.3) is 0 Å². The number of para-hydroxylation sites is 1. The highest BCUT2D eigenvalue weighted by atomic mass is 127. The molecule has 1 aromatic carbocycles. The number of hydrogen-bond acceptors (Lipinski definition) is 3. The van der Waals surface area contributed by atoms with E-state index in [1.165, 1.54) is 23.4 Å². The number of rotatable bonds is 7. The van der Waals surface area contributed by atoms with Crippen molar-refractivity contribution in [1.82, 2.24) is 20.4 Å². The third-order valence-corrected chi connectivity index (χ3v) is 5.81. The standard InChI is InChI=1S/C23H36N6.HI/c1-6-24-23(26-17(2)14-22-18(3)27-28(5)19(22)4)25-15-20-12-13-29(16-20)21-10-8-7-9-11-21;/h7-11,17,20H,6,12-16H2,1-5H3,(H2,24,25,26);1H. The Bertz CT molecular complexity index is 817. The summed E-state index contributed by atoms with van der Waals surface area (Å²) in [6.07, 6.45) is 2.14. The minimum absolute atomic E-state index is 0. The second kappa shape index (κ2) is 11.6. The van der Waals surface area contributed by atoms with Crippen molar-refractivity contribution in [3.05, 3.63) is 47.3 Å². The molecule has 2 heterocycles. The fourth-order valence-electron chi connectivity index (χ4n) is 4.10. The molecular weight excluding hydrogens is 487 g/mol. The number of halogens is 1. The minimum atomic E-state index is 0. The first-order valence-electron chi connectivity index (χ1n) is 10.8. The zero-order valence-electron chi connectivity index (χ0n) is 19.0. The lowest BCUT2D eigenvalue weighted by Gasteiger charge is -2.20. The summed E-state index contributed by atoms with van der Waals surface area (Å²) in [6.45, 7) is 12.5. The van der Waals surface area contributed by atoms with Crippen LogP contribution < -0.4 is 15.5 Å². The number of nitrogens with zero attached hydrogens (tertiary/aromatic N) is 4. The lowest BCUT2D eigenvalue weighted by atomic mass is 10.1. The van der Waals surface area contributed by atoms with Gasteiger partial charge in [-0.25, -0.2) is 0 Å². The highest BCUT2D eigenvalue weighted by Gasteiger charge is 2.22. The second-order valence-electron chi connectivity index (χ2n) is 8.18. The van der Waals surface area contributed by atoms with Gasteiger partial charge >= 0.3 is 0 Å². The largest absolute Gasteiger partial charge is 0.371 e. The van der Waals surface area contributed by atoms with Crippen LogP contribution in [0.1, 0.15) is 37.2 Å². The van der Waals surface area contributed by atoms with Crippen molar-refractivity contribution in [1.29, 1.82) is 0 Å². The van der Waals surface area contributed by atoms with E-state index in [0.29, 0.717) is 12.0 Å². The molecule has 7 heteroatoms. The van der Waals surface area contributed by atoms with Gasteiger partial charge in [-0.15, -0.1) is 24.0 Å². The Morgan fingerprint density at radius 1 is 1.27 bits per heavy atom. The summed E-state index contributed by atoms with van der Waals surface area (Å²) in [5, 5.41) is 11.5. The Morgan fingerprint density at radius 2 is 2.00 bits per heavy atom. The lowest BCUT2D eigenvalue weighted by molar-refractivity contribution is 0.590. The van der Waals surface area contributed by atoms with Gasteiger partial charge in [0, 0.05) is 50.6 Å². The van der Waals surface area contributed by atoms with E-state index in [-0.39, 0.29) is 24.0 Å². The molecule has 0 bridgehead atoms. The van der Waals surface area contributed by atoms with E-state index in [0.717, 1.165) is 44.3 Å². The topological polar surface area (TPSA) is 57.5 Å². The van der Waals surface area contributed by atoms with Crippen molar-refractivity contribution in [2.45, 2.75) is 46.6 Å². The number of aliphatic imine (C=N–C) groups is 1. The minimum Gasteiger partial charge on any atom is -0.371 e. The average Bonchev–Trinajstić information content (AvgIpc) is 3.27. The summed E-state index contributed by atoms with van der Waals surface area (Å²) in [6, 6.07) is 11.0. The number of benzene rings is 1. The average molecular weight is 524 g/mol. The van der Waals surface area contributed by atoms with Crippen LogP contribution in [0.15, 0.2) is 35.3 Å². The number of nitrogens with one attached hydrogen (secondary N) is 2. The van der Waals surface area contributed by atoms with Gasteiger partial charge in [-0.1, -0.05) is 18.2 Å². The number of hydrogen-bond donors (Lipinski definition) is 2. The summed E-state index contributed by atoms with van der Waals surface area (Å²) in [5.41, 5.74) is 5.01. The van der Waals surface area contributed by atoms with E-state index >= 15 is 0 Å². The maximum Gasteiger partial charge on any atom is 0.191 e. The van der Waals surface area contributed by atoms with Crippen LogP contribution in [-0.4, -0.2) is 48.0 Å². The molecule has 2 aromatic rings. The summed E-state index contributed by atoms with van der Waals surface area (Å²) in [7, 11) is 2.01. The van der Waals surface area contributed by atoms with E-state index in [1.807, 2.05) is 11.7 Å². The molecule has 0 spiro atoms. The van der Waals surface area contributed by atoms with Crippen molar-refractivity contribution in [3.8, 4) is 0 Å². The van der Waals surface area contributed by atoms with Crippen molar-refractivity contribution < 1.29 is 0 Å². The van der Waals surface area contributed by atoms with Crippen molar-refractivity contribution in [3.63, 3.8) is 0 Å². The molecule has 1 fully saturated rings. The predicted octanol–water partition coefficient (Wildman–Crippen LogP) is 3.67. The maximum absolute atomic E-state index is 4.90. The van der Waals surface area contributed by atoms with Crippen LogP contribution in [-0.2, 0) is 13.5 Å². The van der Waals surface area contributed by atoms with Crippen LogP contribution >= 0.6 is 24.0 Å². The van der Waals surface area contributed by atoms with Gasteiger partial charge in [0.25, 0.3) is 0 Å². The first-order chi connectivity index (χ1) is 14.0. The van der Waals surface area contributed by atoms with E-state index in [1.54, 1.807) is 0 Å². The molecule has 3 rings (SSSR count). The van der Waals surface area contributed by atoms with Gasteiger partial charge in [-0.05, 0) is 64.2 Å². The van der Waals surface area contributed by atoms with E-state index in [2.05, 4.69) is 78.7 Å². The Kier molecular flexibility index (Phi) is 9.45. The van der Waals surface area contributed by atoms with Gasteiger partial charge < -0.3 is 15.5 Å². The number of anilines is 1. The zero-order chi connectivity index (χ0) is 20.8. The smallest absolute Gasteiger partial charge is 0.191 e. The molecule has 166 valence electrons. The Balaban J connectivity index is 0.00000320. The van der Waals surface area contributed by atoms with Gasteiger partial charge in [0.15, 0.2) is 5.96 Å². The first-order valence-corrected chi connectivity index (χ1v) is 10.8. The number of aryl methyl sites for hydroxylation is 2.